The minimum Gasteiger partial charge on any atom is -0.322 e. The summed E-state index contributed by atoms with van der Waals surface area (Å²) < 4.78 is 1.62. The van der Waals surface area contributed by atoms with Crippen LogP contribution in [0.2, 0.25) is 5.02 Å². The number of benzene rings is 2. The molecule has 0 saturated carbocycles. The van der Waals surface area contributed by atoms with Crippen LogP contribution in [-0.4, -0.2) is 35.6 Å². The van der Waals surface area contributed by atoms with Crippen LogP contribution >= 0.6 is 11.6 Å². The lowest BCUT2D eigenvalue weighted by Gasteiger charge is -2.09. The molecule has 0 radical (unpaired) electrons. The summed E-state index contributed by atoms with van der Waals surface area (Å²) >= 11 is 5.94. The van der Waals surface area contributed by atoms with E-state index in [1.807, 2.05) is 12.1 Å². The maximum Gasteiger partial charge on any atom is 0.282 e. The van der Waals surface area contributed by atoms with Crippen LogP contribution in [-0.2, 0) is 0 Å². The van der Waals surface area contributed by atoms with E-state index in [0.29, 0.717) is 28.4 Å². The predicted octanol–water partition coefficient (Wildman–Crippen LogP) is 4.67. The molecule has 0 aliphatic carbocycles. The van der Waals surface area contributed by atoms with Crippen molar-refractivity contribution in [3.63, 3.8) is 0 Å². The number of pyridine rings is 1. The van der Waals surface area contributed by atoms with Gasteiger partial charge in [0.15, 0.2) is 11.5 Å². The van der Waals surface area contributed by atoms with E-state index in [9.17, 15) is 14.9 Å². The number of carbonyl (C=O) groups is 1. The fraction of sp³-hybridized carbons (Fsp3) is 0. The van der Waals surface area contributed by atoms with Gasteiger partial charge < -0.3 is 5.32 Å². The molecule has 0 aliphatic heterocycles. The molecule has 1 amide bonds. The minimum atomic E-state index is -0.646. The van der Waals surface area contributed by atoms with Gasteiger partial charge >= 0.3 is 0 Å². The predicted molar refractivity (Wildman–Crippen MR) is 126 cm³/mol. The number of hydrogen-bond acceptors (Lipinski definition) is 7. The lowest BCUT2D eigenvalue weighted by atomic mass is 10.1. The molecule has 166 valence electrons. The van der Waals surface area contributed by atoms with Crippen molar-refractivity contribution < 1.29 is 9.72 Å². The summed E-state index contributed by atoms with van der Waals surface area (Å²) in [6.07, 6.45) is 3.35. The third kappa shape index (κ3) is 4.05. The van der Waals surface area contributed by atoms with Crippen molar-refractivity contribution in [3.05, 3.63) is 99.8 Å². The number of aromatic nitrogens is 5. The molecule has 0 saturated heterocycles. The highest BCUT2D eigenvalue weighted by Crippen LogP contribution is 2.26. The molecule has 2 aromatic carbocycles. The molecule has 0 bridgehead atoms. The molecule has 0 unspecified atom stereocenters. The van der Waals surface area contributed by atoms with Crippen molar-refractivity contribution in [1.82, 2.24) is 24.8 Å². The maximum absolute atomic E-state index is 12.8. The van der Waals surface area contributed by atoms with Gasteiger partial charge in [0.2, 0.25) is 0 Å². The number of nitrogens with zero attached hydrogens (tertiary/aromatic N) is 6. The molecule has 0 spiro atoms. The normalized spacial score (nSPS) is 10.9. The first kappa shape index (κ1) is 21.2. The number of fused-ring (bicyclic) bond motifs is 1. The highest BCUT2D eigenvalue weighted by Gasteiger charge is 2.21. The highest BCUT2D eigenvalue weighted by molar-refractivity contribution is 6.31. The monoisotopic (exact) mass is 471 g/mol. The molecule has 5 rings (SSSR count). The van der Waals surface area contributed by atoms with Crippen molar-refractivity contribution in [1.29, 1.82) is 0 Å². The number of rotatable bonds is 5. The van der Waals surface area contributed by atoms with E-state index in [2.05, 4.69) is 25.6 Å². The number of halogens is 1. The van der Waals surface area contributed by atoms with Crippen LogP contribution in [0.5, 0.6) is 0 Å². The number of carbonyl (C=O) groups excluding carboxylic acids is 1. The largest absolute Gasteiger partial charge is 0.322 e. The van der Waals surface area contributed by atoms with Gasteiger partial charge in [0.25, 0.3) is 11.6 Å². The van der Waals surface area contributed by atoms with E-state index >= 15 is 0 Å². The van der Waals surface area contributed by atoms with Gasteiger partial charge in [0, 0.05) is 40.3 Å². The van der Waals surface area contributed by atoms with E-state index in [1.165, 1.54) is 18.2 Å². The first-order valence-corrected chi connectivity index (χ1v) is 10.4. The lowest BCUT2D eigenvalue weighted by Crippen LogP contribution is -2.14. The molecule has 1 N–H and O–H groups in total. The Morgan fingerprint density at radius 3 is 2.65 bits per heavy atom. The second-order valence-corrected chi connectivity index (χ2v) is 7.64. The van der Waals surface area contributed by atoms with Gasteiger partial charge in [-0.1, -0.05) is 23.7 Å². The lowest BCUT2D eigenvalue weighted by molar-refractivity contribution is -0.385. The van der Waals surface area contributed by atoms with Crippen LogP contribution in [0.15, 0.2) is 79.1 Å². The number of anilines is 1. The molecule has 3 heterocycles. The summed E-state index contributed by atoms with van der Waals surface area (Å²) in [6.45, 7) is 0. The van der Waals surface area contributed by atoms with Crippen molar-refractivity contribution in [2.24, 2.45) is 0 Å². The van der Waals surface area contributed by atoms with Crippen LogP contribution < -0.4 is 5.32 Å². The van der Waals surface area contributed by atoms with Crippen molar-refractivity contribution >= 4 is 34.5 Å². The average Bonchev–Trinajstić information content (AvgIpc) is 3.28. The fourth-order valence-electron chi connectivity index (χ4n) is 3.42. The third-order valence-corrected chi connectivity index (χ3v) is 5.23. The van der Waals surface area contributed by atoms with Crippen LogP contribution in [0.3, 0.4) is 0 Å². The molecule has 11 heteroatoms. The molecular weight excluding hydrogens is 458 g/mol. The number of nitro benzene ring substituents is 1. The highest BCUT2D eigenvalue weighted by atomic mass is 35.5. The smallest absolute Gasteiger partial charge is 0.282 e. The van der Waals surface area contributed by atoms with Crippen LogP contribution in [0.25, 0.3) is 28.3 Å². The Kier molecular flexibility index (Phi) is 5.40. The van der Waals surface area contributed by atoms with Gasteiger partial charge in [-0.2, -0.15) is 9.61 Å². The molecule has 0 aliphatic rings. The molecule has 0 fully saturated rings. The second-order valence-electron chi connectivity index (χ2n) is 7.21. The van der Waals surface area contributed by atoms with Gasteiger partial charge in [-0.15, -0.1) is 10.2 Å². The Labute approximate surface area is 197 Å². The molecule has 10 nitrogen and oxygen atoms in total. The van der Waals surface area contributed by atoms with Crippen LogP contribution in [0.4, 0.5) is 11.4 Å². The standard InChI is InChI=1S/C23H14ClN7O3/c24-16-6-8-20(31(33)34)18(12-16)23(32)26-17-5-1-3-14(11-17)19-7-9-21-27-28-22(30(21)29-19)15-4-2-10-25-13-15/h1-13H,(H,26,32). The summed E-state index contributed by atoms with van der Waals surface area (Å²) in [5.74, 6) is -0.102. The van der Waals surface area contributed by atoms with Gasteiger partial charge in [-0.25, -0.2) is 0 Å². The molecule has 5 aromatic rings. The summed E-state index contributed by atoms with van der Waals surface area (Å²) in [6, 6.07) is 18.1. The van der Waals surface area contributed by atoms with E-state index in [4.69, 9.17) is 11.6 Å². The topological polar surface area (TPSA) is 128 Å². The second kappa shape index (κ2) is 8.68. The Hall–Kier alpha value is -4.70. The van der Waals surface area contributed by atoms with Crippen LogP contribution in [0, 0.1) is 10.1 Å². The van der Waals surface area contributed by atoms with Crippen molar-refractivity contribution in [2.45, 2.75) is 0 Å². The number of amides is 1. The Morgan fingerprint density at radius 2 is 1.85 bits per heavy atom. The maximum atomic E-state index is 12.8. The zero-order valence-electron chi connectivity index (χ0n) is 17.3. The summed E-state index contributed by atoms with van der Waals surface area (Å²) in [7, 11) is 0. The third-order valence-electron chi connectivity index (χ3n) is 5.00. The van der Waals surface area contributed by atoms with Crippen molar-refractivity contribution in [3.8, 4) is 22.6 Å². The SMILES string of the molecule is O=C(Nc1cccc(-c2ccc3nnc(-c4cccnc4)n3n2)c1)c1cc(Cl)ccc1[N+](=O)[O-]. The Morgan fingerprint density at radius 1 is 1.00 bits per heavy atom. The zero-order valence-corrected chi connectivity index (χ0v) is 18.0. The molecule has 3 aromatic heterocycles. The van der Waals surface area contributed by atoms with Gasteiger partial charge in [0.05, 0.1) is 10.6 Å². The molecular formula is C23H14ClN7O3. The fourth-order valence-corrected chi connectivity index (χ4v) is 3.59. The first-order chi connectivity index (χ1) is 16.5. The van der Waals surface area contributed by atoms with Gasteiger partial charge in [-0.3, -0.25) is 19.9 Å². The van der Waals surface area contributed by atoms with Crippen LogP contribution in [0.1, 0.15) is 10.4 Å². The Bertz CT molecular complexity index is 1550. The zero-order chi connectivity index (χ0) is 23.7. The molecule has 0 atom stereocenters. The quantitative estimate of drug-likeness (QED) is 0.291. The van der Waals surface area contributed by atoms with Gasteiger partial charge in [0.1, 0.15) is 5.56 Å². The van der Waals surface area contributed by atoms with Gasteiger partial charge in [-0.05, 0) is 48.5 Å². The number of nitrogens with one attached hydrogen (secondary N) is 1. The average molecular weight is 472 g/mol. The van der Waals surface area contributed by atoms with E-state index < -0.39 is 10.8 Å². The summed E-state index contributed by atoms with van der Waals surface area (Å²) in [5, 5.41) is 27.2. The summed E-state index contributed by atoms with van der Waals surface area (Å²) in [4.78, 5) is 27.6. The number of nitro groups is 1. The minimum absolute atomic E-state index is 0.131. The van der Waals surface area contributed by atoms with Crippen molar-refractivity contribution in [2.75, 3.05) is 5.32 Å². The summed E-state index contributed by atoms with van der Waals surface area (Å²) in [5.41, 5.74) is 2.64. The number of hydrogen-bond donors (Lipinski definition) is 1. The Balaban J connectivity index is 1.48. The van der Waals surface area contributed by atoms with E-state index in [0.717, 1.165) is 5.56 Å². The first-order valence-electron chi connectivity index (χ1n) is 9.98. The molecule has 34 heavy (non-hydrogen) atoms. The van der Waals surface area contributed by atoms with E-state index in [1.54, 1.807) is 53.3 Å². The van der Waals surface area contributed by atoms with E-state index in [-0.39, 0.29) is 16.3 Å².